The molecule has 4 aliphatic rings. The standard InChI is InChI=1S/C25H34O4/c1-14-17-10-12-23(6)18-11-13-24(23,19(17)8-9-20(14)27-7)29-25(15(18)2)21(26)16(3)22(4,5)28-25/h8-10,12,15-16,18,21,26H,11,13H2,1-7H3/t15-,16-,18?,21+,23+,24-,25-/m0/s1. The van der Waals surface area contributed by atoms with E-state index in [1.54, 1.807) is 7.11 Å². The van der Waals surface area contributed by atoms with Crippen molar-refractivity contribution in [2.75, 3.05) is 7.11 Å². The molecule has 0 radical (unpaired) electrons. The second-order valence-corrected chi connectivity index (χ2v) is 10.5. The van der Waals surface area contributed by atoms with Gasteiger partial charge in [0.05, 0.1) is 12.7 Å². The van der Waals surface area contributed by atoms with E-state index in [9.17, 15) is 5.11 Å². The lowest BCUT2D eigenvalue weighted by Crippen LogP contribution is -2.64. The maximum Gasteiger partial charge on any atom is 0.199 e. The molecule has 2 aliphatic carbocycles. The van der Waals surface area contributed by atoms with Crippen LogP contribution >= 0.6 is 0 Å². The first-order valence-electron chi connectivity index (χ1n) is 11.0. The zero-order valence-electron chi connectivity index (χ0n) is 18.7. The predicted molar refractivity (Wildman–Crippen MR) is 113 cm³/mol. The number of ether oxygens (including phenoxy) is 3. The summed E-state index contributed by atoms with van der Waals surface area (Å²) < 4.78 is 19.4. The summed E-state index contributed by atoms with van der Waals surface area (Å²) in [6.45, 7) is 12.9. The van der Waals surface area contributed by atoms with Crippen LogP contribution in [0.4, 0.5) is 0 Å². The SMILES string of the molecule is COc1ccc2c(c1C)C=C[C@]1(C)C3CC[C@]21O[C@@]1(OC(C)(C)[C@@H](C)[C@H]1O)[C@H]3C. The van der Waals surface area contributed by atoms with Crippen LogP contribution in [0.5, 0.6) is 5.75 Å². The Labute approximate surface area is 174 Å². The number of rotatable bonds is 1. The largest absolute Gasteiger partial charge is 0.496 e. The van der Waals surface area contributed by atoms with Crippen LogP contribution in [-0.4, -0.2) is 29.7 Å². The van der Waals surface area contributed by atoms with E-state index >= 15 is 0 Å². The molecule has 2 aliphatic heterocycles. The zero-order chi connectivity index (χ0) is 21.0. The minimum Gasteiger partial charge on any atom is -0.496 e. The summed E-state index contributed by atoms with van der Waals surface area (Å²) in [7, 11) is 1.72. The zero-order valence-corrected chi connectivity index (χ0v) is 18.7. The number of aliphatic hydroxyl groups is 1. The Kier molecular flexibility index (Phi) is 3.82. The molecule has 158 valence electrons. The van der Waals surface area contributed by atoms with Crippen molar-refractivity contribution in [1.29, 1.82) is 0 Å². The molecule has 4 heteroatoms. The lowest BCUT2D eigenvalue weighted by molar-refractivity contribution is -0.382. The van der Waals surface area contributed by atoms with Gasteiger partial charge in [-0.3, -0.25) is 0 Å². The molecule has 29 heavy (non-hydrogen) atoms. The molecule has 1 aromatic rings. The van der Waals surface area contributed by atoms with Gasteiger partial charge in [-0.1, -0.05) is 39.0 Å². The molecule has 1 spiro atoms. The van der Waals surface area contributed by atoms with E-state index in [2.05, 4.69) is 65.8 Å². The van der Waals surface area contributed by atoms with E-state index in [1.807, 2.05) is 0 Å². The molecule has 7 atom stereocenters. The molecule has 0 amide bonds. The predicted octanol–water partition coefficient (Wildman–Crippen LogP) is 4.81. The third-order valence-corrected chi connectivity index (χ3v) is 9.14. The molecule has 5 rings (SSSR count). The number of aliphatic hydroxyl groups excluding tert-OH is 1. The van der Waals surface area contributed by atoms with Gasteiger partial charge in [0.25, 0.3) is 0 Å². The Morgan fingerprint density at radius 2 is 1.83 bits per heavy atom. The number of hydrogen-bond donors (Lipinski definition) is 1. The normalized spacial score (nSPS) is 46.6. The highest BCUT2D eigenvalue weighted by Crippen LogP contribution is 2.71. The van der Waals surface area contributed by atoms with Gasteiger partial charge in [-0.25, -0.2) is 0 Å². The highest BCUT2D eigenvalue weighted by atomic mass is 16.7. The molecule has 4 nitrogen and oxygen atoms in total. The van der Waals surface area contributed by atoms with Crippen LogP contribution in [0.15, 0.2) is 18.2 Å². The van der Waals surface area contributed by atoms with E-state index in [1.165, 1.54) is 11.1 Å². The van der Waals surface area contributed by atoms with Gasteiger partial charge in [0.2, 0.25) is 0 Å². The summed E-state index contributed by atoms with van der Waals surface area (Å²) in [6.07, 6.45) is 5.98. The summed E-state index contributed by atoms with van der Waals surface area (Å²) in [4.78, 5) is 0. The fourth-order valence-electron chi connectivity index (χ4n) is 7.03. The van der Waals surface area contributed by atoms with Crippen molar-refractivity contribution in [3.63, 3.8) is 0 Å². The van der Waals surface area contributed by atoms with Crippen LogP contribution < -0.4 is 4.74 Å². The summed E-state index contributed by atoms with van der Waals surface area (Å²) in [5.74, 6) is 0.418. The van der Waals surface area contributed by atoms with E-state index in [0.29, 0.717) is 5.92 Å². The Morgan fingerprint density at radius 3 is 2.45 bits per heavy atom. The number of methoxy groups -OCH3 is 1. The highest BCUT2D eigenvalue weighted by molar-refractivity contribution is 5.67. The molecule has 1 unspecified atom stereocenters. The van der Waals surface area contributed by atoms with Crippen molar-refractivity contribution in [2.24, 2.45) is 23.2 Å². The first-order chi connectivity index (χ1) is 13.5. The molecule has 3 fully saturated rings. The van der Waals surface area contributed by atoms with E-state index in [4.69, 9.17) is 14.2 Å². The molecular weight excluding hydrogens is 364 g/mol. The molecule has 0 aromatic heterocycles. The molecule has 2 bridgehead atoms. The van der Waals surface area contributed by atoms with Crippen LogP contribution in [0.25, 0.3) is 6.08 Å². The Hall–Kier alpha value is -1.36. The van der Waals surface area contributed by atoms with Crippen LogP contribution in [0.1, 0.15) is 64.2 Å². The van der Waals surface area contributed by atoms with Gasteiger partial charge in [0.15, 0.2) is 5.79 Å². The number of benzene rings is 1. The van der Waals surface area contributed by atoms with Crippen LogP contribution in [0, 0.1) is 30.1 Å². The van der Waals surface area contributed by atoms with Crippen LogP contribution in [-0.2, 0) is 15.1 Å². The lowest BCUT2D eigenvalue weighted by Gasteiger charge is -2.59. The molecule has 1 aromatic carbocycles. The minimum absolute atomic E-state index is 0.00122. The summed E-state index contributed by atoms with van der Waals surface area (Å²) in [5.41, 5.74) is 2.49. The molecule has 2 heterocycles. The van der Waals surface area contributed by atoms with Crippen molar-refractivity contribution < 1.29 is 19.3 Å². The van der Waals surface area contributed by atoms with Crippen molar-refractivity contribution in [3.05, 3.63) is 34.9 Å². The first-order valence-corrected chi connectivity index (χ1v) is 11.0. The Balaban J connectivity index is 1.72. The topological polar surface area (TPSA) is 47.9 Å². The van der Waals surface area contributed by atoms with Gasteiger partial charge >= 0.3 is 0 Å². The fourth-order valence-corrected chi connectivity index (χ4v) is 7.03. The first kappa shape index (κ1) is 19.6. The Bertz CT molecular complexity index is 904. The maximum atomic E-state index is 11.4. The quantitative estimate of drug-likeness (QED) is 0.737. The van der Waals surface area contributed by atoms with Gasteiger partial charge in [0.1, 0.15) is 17.5 Å². The lowest BCUT2D eigenvalue weighted by atomic mass is 9.57. The van der Waals surface area contributed by atoms with Gasteiger partial charge in [-0.2, -0.15) is 0 Å². The van der Waals surface area contributed by atoms with Crippen molar-refractivity contribution in [3.8, 4) is 5.75 Å². The van der Waals surface area contributed by atoms with Crippen LogP contribution in [0.2, 0.25) is 0 Å². The van der Waals surface area contributed by atoms with Gasteiger partial charge in [0, 0.05) is 17.3 Å². The second kappa shape index (κ2) is 5.66. The van der Waals surface area contributed by atoms with E-state index in [-0.39, 0.29) is 17.3 Å². The van der Waals surface area contributed by atoms with Crippen molar-refractivity contribution >= 4 is 6.08 Å². The second-order valence-electron chi connectivity index (χ2n) is 10.5. The summed E-state index contributed by atoms with van der Waals surface area (Å²) in [6, 6.07) is 4.23. The molecule has 1 saturated carbocycles. The van der Waals surface area contributed by atoms with Gasteiger partial charge in [-0.15, -0.1) is 0 Å². The minimum atomic E-state index is -0.972. The smallest absolute Gasteiger partial charge is 0.199 e. The Morgan fingerprint density at radius 1 is 1.10 bits per heavy atom. The summed E-state index contributed by atoms with van der Waals surface area (Å²) >= 11 is 0. The number of fused-ring (bicyclic) bond motifs is 1. The molecular formula is C25H34O4. The number of hydrogen-bond acceptors (Lipinski definition) is 4. The fraction of sp³-hybridized carbons (Fsp3) is 0.680. The molecule has 1 N–H and O–H groups in total. The highest BCUT2D eigenvalue weighted by Gasteiger charge is 2.74. The average Bonchev–Trinajstić information content (AvgIpc) is 3.00. The van der Waals surface area contributed by atoms with Crippen molar-refractivity contribution in [2.45, 2.75) is 77.5 Å². The summed E-state index contributed by atoms with van der Waals surface area (Å²) in [5, 5.41) is 11.4. The van der Waals surface area contributed by atoms with E-state index in [0.717, 1.165) is 24.2 Å². The monoisotopic (exact) mass is 398 g/mol. The van der Waals surface area contributed by atoms with Crippen molar-refractivity contribution in [1.82, 2.24) is 0 Å². The van der Waals surface area contributed by atoms with Gasteiger partial charge in [-0.05, 0) is 62.3 Å². The van der Waals surface area contributed by atoms with Gasteiger partial charge < -0.3 is 19.3 Å². The third-order valence-electron chi connectivity index (χ3n) is 9.14. The average molecular weight is 399 g/mol. The van der Waals surface area contributed by atoms with E-state index < -0.39 is 23.1 Å². The van der Waals surface area contributed by atoms with Crippen LogP contribution in [0.3, 0.4) is 0 Å². The molecule has 2 saturated heterocycles. The third kappa shape index (κ3) is 2.06. The maximum absolute atomic E-state index is 11.4.